The second-order valence-corrected chi connectivity index (χ2v) is 18.1. The van der Waals surface area contributed by atoms with Gasteiger partial charge in [-0.1, -0.05) is 152 Å². The van der Waals surface area contributed by atoms with Gasteiger partial charge in [-0.2, -0.15) is 0 Å². The molecule has 3 aliphatic heterocycles. The van der Waals surface area contributed by atoms with Gasteiger partial charge in [0.15, 0.2) is 13.7 Å². The molecule has 4 heterocycles. The van der Waals surface area contributed by atoms with E-state index in [0.29, 0.717) is 0 Å². The average molecular weight is 691 g/mol. The van der Waals surface area contributed by atoms with E-state index in [1.54, 1.807) is 0 Å². The van der Waals surface area contributed by atoms with Crippen molar-refractivity contribution < 1.29 is 4.42 Å². The summed E-state index contributed by atoms with van der Waals surface area (Å²) in [5.41, 5.74) is 13.0. The lowest BCUT2D eigenvalue weighted by Gasteiger charge is -2.50. The molecule has 1 aromatic heterocycles. The summed E-state index contributed by atoms with van der Waals surface area (Å²) >= 11 is 0. The Balaban J connectivity index is 1.29. The van der Waals surface area contributed by atoms with Crippen molar-refractivity contribution >= 4 is 108 Å². The zero-order valence-corrected chi connectivity index (χ0v) is 29.8. The molecule has 0 saturated heterocycles. The topological polar surface area (TPSA) is 19.6 Å². The fourth-order valence-electron chi connectivity index (χ4n) is 9.93. The van der Waals surface area contributed by atoms with Crippen LogP contribution in [0.15, 0.2) is 192 Å². The first kappa shape index (κ1) is 29.1. The van der Waals surface area contributed by atoms with Crippen LogP contribution in [-0.2, 0) is 0 Å². The van der Waals surface area contributed by atoms with Gasteiger partial charge in [0.25, 0.3) is 6.71 Å². The summed E-state index contributed by atoms with van der Waals surface area (Å²) in [5, 5.41) is 7.89. The quantitative estimate of drug-likeness (QED) is 0.181. The molecule has 0 radical (unpaired) electrons. The molecule has 0 unspecified atom stereocenters. The monoisotopic (exact) mass is 690 g/mol. The standard InChI is InChI=1S/C48H31BN2OSi/c1-4-17-32(18-5-1)50-39-26-12-11-24-37(39)49-38-25-16-30-44-46(38)51(41-31-36-35-23-10-14-28-42(35)52-48(36)47(50)45(41)49)40-27-13-15-29-43(40)53(44,33-19-6-2-7-20-33)34-21-8-3-9-22-34/h1-31H. The van der Waals surface area contributed by atoms with Crippen molar-refractivity contribution in [2.24, 2.45) is 0 Å². The van der Waals surface area contributed by atoms with Crippen LogP contribution >= 0.6 is 0 Å². The van der Waals surface area contributed by atoms with Gasteiger partial charge in [-0.25, -0.2) is 0 Å². The fourth-order valence-corrected chi connectivity index (χ4v) is 15.1. The lowest BCUT2D eigenvalue weighted by molar-refractivity contribution is 0.669. The first-order valence-electron chi connectivity index (χ1n) is 18.4. The number of para-hydroxylation sites is 5. The summed E-state index contributed by atoms with van der Waals surface area (Å²) in [5.74, 6) is 0. The van der Waals surface area contributed by atoms with Gasteiger partial charge < -0.3 is 14.2 Å². The van der Waals surface area contributed by atoms with Crippen LogP contribution < -0.4 is 46.9 Å². The summed E-state index contributed by atoms with van der Waals surface area (Å²) in [6, 6.07) is 69.8. The van der Waals surface area contributed by atoms with Crippen LogP contribution in [0.25, 0.3) is 21.9 Å². The molecule has 12 rings (SSSR count). The molecule has 0 amide bonds. The van der Waals surface area contributed by atoms with Gasteiger partial charge in [-0.05, 0) is 73.5 Å². The van der Waals surface area contributed by atoms with Crippen LogP contribution in [0.1, 0.15) is 0 Å². The summed E-state index contributed by atoms with van der Waals surface area (Å²) in [4.78, 5) is 5.07. The molecule has 8 aromatic carbocycles. The molecule has 3 nitrogen and oxygen atoms in total. The van der Waals surface area contributed by atoms with E-state index in [0.717, 1.165) is 33.3 Å². The molecule has 0 N–H and O–H groups in total. The van der Waals surface area contributed by atoms with Crippen LogP contribution in [0, 0.1) is 0 Å². The molecular formula is C48H31BN2OSi. The maximum Gasteiger partial charge on any atom is 0.252 e. The average Bonchev–Trinajstić information content (AvgIpc) is 3.61. The number of fused-ring (bicyclic) bond motifs is 10. The maximum absolute atomic E-state index is 6.95. The Kier molecular flexibility index (Phi) is 5.89. The normalized spacial score (nSPS) is 14.5. The highest BCUT2D eigenvalue weighted by Gasteiger charge is 2.53. The van der Waals surface area contributed by atoms with Crippen molar-refractivity contribution in [3.8, 4) is 0 Å². The highest BCUT2D eigenvalue weighted by atomic mass is 28.3. The first-order chi connectivity index (χ1) is 26.3. The third-order valence-corrected chi connectivity index (χ3v) is 16.7. The van der Waals surface area contributed by atoms with Crippen molar-refractivity contribution in [1.82, 2.24) is 0 Å². The Morgan fingerprint density at radius 1 is 0.434 bits per heavy atom. The molecule has 0 saturated carbocycles. The molecule has 3 aliphatic rings. The number of anilines is 6. The summed E-state index contributed by atoms with van der Waals surface area (Å²) in [6.45, 7) is 0.00323. The third-order valence-electron chi connectivity index (χ3n) is 11.9. The Morgan fingerprint density at radius 3 is 1.81 bits per heavy atom. The predicted octanol–water partition coefficient (Wildman–Crippen LogP) is 7.36. The molecule has 53 heavy (non-hydrogen) atoms. The van der Waals surface area contributed by atoms with Crippen molar-refractivity contribution in [1.29, 1.82) is 0 Å². The molecule has 0 bridgehead atoms. The molecular weight excluding hydrogens is 659 g/mol. The summed E-state index contributed by atoms with van der Waals surface area (Å²) in [6.07, 6.45) is 0. The smallest absolute Gasteiger partial charge is 0.252 e. The maximum atomic E-state index is 6.95. The van der Waals surface area contributed by atoms with E-state index in [2.05, 4.69) is 198 Å². The largest absolute Gasteiger partial charge is 0.454 e. The van der Waals surface area contributed by atoms with E-state index in [4.69, 9.17) is 4.42 Å². The van der Waals surface area contributed by atoms with E-state index in [9.17, 15) is 0 Å². The second kappa shape index (κ2) is 10.7. The fraction of sp³-hybridized carbons (Fsp3) is 0. The summed E-state index contributed by atoms with van der Waals surface area (Å²) in [7, 11) is -2.80. The molecule has 5 heteroatoms. The van der Waals surface area contributed by atoms with Gasteiger partial charge in [-0.15, -0.1) is 0 Å². The number of hydrogen-bond donors (Lipinski definition) is 0. The van der Waals surface area contributed by atoms with Gasteiger partial charge in [0.05, 0.1) is 5.69 Å². The van der Waals surface area contributed by atoms with Crippen LogP contribution in [0.2, 0.25) is 0 Å². The Bertz CT molecular complexity index is 2890. The van der Waals surface area contributed by atoms with E-state index in [1.165, 1.54) is 59.9 Å². The molecule has 246 valence electrons. The first-order valence-corrected chi connectivity index (χ1v) is 20.4. The third kappa shape index (κ3) is 3.69. The number of benzene rings is 8. The van der Waals surface area contributed by atoms with E-state index >= 15 is 0 Å². The van der Waals surface area contributed by atoms with E-state index in [1.807, 2.05) is 0 Å². The minimum atomic E-state index is -2.80. The molecule has 0 atom stereocenters. The zero-order chi connectivity index (χ0) is 34.7. The molecule has 9 aromatic rings. The van der Waals surface area contributed by atoms with Crippen molar-refractivity contribution in [2.45, 2.75) is 0 Å². The van der Waals surface area contributed by atoms with Crippen LogP contribution in [0.5, 0.6) is 0 Å². The molecule has 0 aliphatic carbocycles. The SMILES string of the molecule is c1ccc(N2c3ccccc3B3c4cccc5c4N(c4ccccc4[Si]5(c4ccccc4)c4ccccc4)c4cc5c(oc6ccccc65)c2c43)cc1. The lowest BCUT2D eigenvalue weighted by atomic mass is 9.33. The van der Waals surface area contributed by atoms with Crippen molar-refractivity contribution in [3.05, 3.63) is 188 Å². The highest BCUT2D eigenvalue weighted by Crippen LogP contribution is 2.49. The number of hydrogen-bond acceptors (Lipinski definition) is 3. The van der Waals surface area contributed by atoms with Gasteiger partial charge in [0.2, 0.25) is 0 Å². The van der Waals surface area contributed by atoms with Gasteiger partial charge in [0, 0.05) is 39.2 Å². The number of nitrogens with zero attached hydrogens (tertiary/aromatic N) is 2. The van der Waals surface area contributed by atoms with Crippen LogP contribution in [-0.4, -0.2) is 14.8 Å². The predicted molar refractivity (Wildman–Crippen MR) is 225 cm³/mol. The van der Waals surface area contributed by atoms with Crippen LogP contribution in [0.3, 0.4) is 0 Å². The lowest BCUT2D eigenvalue weighted by Crippen LogP contribution is -2.79. The Morgan fingerprint density at radius 2 is 1.04 bits per heavy atom. The van der Waals surface area contributed by atoms with Crippen LogP contribution in [0.4, 0.5) is 34.1 Å². The van der Waals surface area contributed by atoms with E-state index in [-0.39, 0.29) is 6.71 Å². The van der Waals surface area contributed by atoms with E-state index < -0.39 is 8.07 Å². The van der Waals surface area contributed by atoms with Gasteiger partial charge >= 0.3 is 0 Å². The summed E-state index contributed by atoms with van der Waals surface area (Å²) < 4.78 is 6.95. The van der Waals surface area contributed by atoms with Crippen molar-refractivity contribution in [2.75, 3.05) is 9.80 Å². The Labute approximate surface area is 309 Å². The minimum Gasteiger partial charge on any atom is -0.454 e. The van der Waals surface area contributed by atoms with Crippen molar-refractivity contribution in [3.63, 3.8) is 0 Å². The zero-order valence-electron chi connectivity index (χ0n) is 28.8. The Hall–Kier alpha value is -6.56. The second-order valence-electron chi connectivity index (χ2n) is 14.4. The number of furan rings is 1. The molecule has 0 spiro atoms. The minimum absolute atomic E-state index is 0.00323. The molecule has 0 fully saturated rings. The highest BCUT2D eigenvalue weighted by molar-refractivity contribution is 7.22. The number of rotatable bonds is 3. The van der Waals surface area contributed by atoms with Gasteiger partial charge in [-0.3, -0.25) is 0 Å². The van der Waals surface area contributed by atoms with Gasteiger partial charge in [0.1, 0.15) is 5.58 Å².